The van der Waals surface area contributed by atoms with Gasteiger partial charge in [-0.15, -0.1) is 0 Å². The molecule has 0 aromatic heterocycles. The largest absolute Gasteiger partial charge is 0.451 e. The van der Waals surface area contributed by atoms with E-state index < -0.39 is 35.1 Å². The second-order valence-electron chi connectivity index (χ2n) is 5.35. The van der Waals surface area contributed by atoms with Crippen LogP contribution in [-0.2, 0) is 4.74 Å². The van der Waals surface area contributed by atoms with Crippen molar-refractivity contribution in [3.63, 3.8) is 0 Å². The third-order valence-corrected chi connectivity index (χ3v) is 3.48. The molecule has 1 atom stereocenters. The number of alkyl halides is 2. The zero-order valence-electron chi connectivity index (χ0n) is 13.9. The minimum Gasteiger partial charge on any atom is -0.451 e. The molecular formula is C17H14F2N2O6. The summed E-state index contributed by atoms with van der Waals surface area (Å²) < 4.78 is 33.4. The van der Waals surface area contributed by atoms with E-state index in [9.17, 15) is 28.5 Å². The number of hydrogen-bond donors (Lipinski definition) is 1. The molecule has 0 aliphatic heterocycles. The Morgan fingerprint density at radius 3 is 2.26 bits per heavy atom. The summed E-state index contributed by atoms with van der Waals surface area (Å²) in [5.41, 5.74) is 4.84. The molecule has 0 unspecified atom stereocenters. The lowest BCUT2D eigenvalue weighted by Gasteiger charge is -2.13. The lowest BCUT2D eigenvalue weighted by atomic mass is 10.1. The number of anilines is 1. The Morgan fingerprint density at radius 2 is 1.70 bits per heavy atom. The molecule has 0 radical (unpaired) electrons. The van der Waals surface area contributed by atoms with Crippen LogP contribution < -0.4 is 10.5 Å². The fourth-order valence-electron chi connectivity index (χ4n) is 2.15. The van der Waals surface area contributed by atoms with Crippen molar-refractivity contribution in [2.75, 3.05) is 5.73 Å². The van der Waals surface area contributed by atoms with Gasteiger partial charge in [-0.25, -0.2) is 4.79 Å². The third kappa shape index (κ3) is 4.97. The average Bonchev–Trinajstić information content (AvgIpc) is 2.61. The molecule has 2 aromatic carbocycles. The number of nitro benzene ring substituents is 1. The van der Waals surface area contributed by atoms with E-state index in [0.29, 0.717) is 0 Å². The van der Waals surface area contributed by atoms with E-state index in [0.717, 1.165) is 6.07 Å². The molecule has 2 aromatic rings. The molecule has 0 heterocycles. The van der Waals surface area contributed by atoms with Crippen LogP contribution in [0.5, 0.6) is 5.75 Å². The minimum absolute atomic E-state index is 0.111. The molecule has 0 saturated heterocycles. The van der Waals surface area contributed by atoms with Gasteiger partial charge in [0.25, 0.3) is 5.69 Å². The van der Waals surface area contributed by atoms with Gasteiger partial charge in [0.05, 0.1) is 10.5 Å². The highest BCUT2D eigenvalue weighted by molar-refractivity contribution is 6.01. The van der Waals surface area contributed by atoms with Crippen molar-refractivity contribution >= 4 is 23.1 Å². The molecule has 0 aliphatic carbocycles. The first-order valence-corrected chi connectivity index (χ1v) is 7.53. The van der Waals surface area contributed by atoms with Crippen molar-refractivity contribution in [3.05, 3.63) is 63.7 Å². The molecule has 27 heavy (non-hydrogen) atoms. The molecule has 142 valence electrons. The number of nitro groups is 1. The number of nitrogens with zero attached hydrogens (tertiary/aromatic N) is 1. The van der Waals surface area contributed by atoms with Crippen molar-refractivity contribution in [3.8, 4) is 5.75 Å². The van der Waals surface area contributed by atoms with E-state index in [2.05, 4.69) is 4.74 Å². The minimum atomic E-state index is -2.99. The predicted octanol–water partition coefficient (Wildman–Crippen LogP) is 3.21. The van der Waals surface area contributed by atoms with Gasteiger partial charge >= 0.3 is 12.6 Å². The summed E-state index contributed by atoms with van der Waals surface area (Å²) in [6.45, 7) is -1.68. The molecule has 10 heteroatoms. The Balaban J connectivity index is 2.08. The summed E-state index contributed by atoms with van der Waals surface area (Å²) in [5, 5.41) is 10.9. The Hall–Kier alpha value is -3.56. The predicted molar refractivity (Wildman–Crippen MR) is 89.8 cm³/mol. The second kappa shape index (κ2) is 8.21. The first-order valence-electron chi connectivity index (χ1n) is 7.53. The quantitative estimate of drug-likeness (QED) is 0.257. The molecule has 0 saturated carbocycles. The molecule has 0 fully saturated rings. The Morgan fingerprint density at radius 1 is 1.11 bits per heavy atom. The van der Waals surface area contributed by atoms with E-state index in [1.165, 1.54) is 43.3 Å². The molecule has 2 rings (SSSR count). The van der Waals surface area contributed by atoms with E-state index in [1.807, 2.05) is 0 Å². The van der Waals surface area contributed by atoms with Gasteiger partial charge in [-0.05, 0) is 43.3 Å². The van der Waals surface area contributed by atoms with Crippen molar-refractivity contribution < 1.29 is 32.8 Å². The van der Waals surface area contributed by atoms with Gasteiger partial charge in [0.15, 0.2) is 6.10 Å². The molecular weight excluding hydrogens is 366 g/mol. The Labute approximate surface area is 151 Å². The van der Waals surface area contributed by atoms with Crippen molar-refractivity contribution in [1.29, 1.82) is 0 Å². The number of Topliss-reactive ketones (excluding diaryl/α,β-unsaturated/α-hetero) is 1. The first kappa shape index (κ1) is 19.8. The number of carbonyl (C=O) groups is 2. The molecule has 8 nitrogen and oxygen atoms in total. The van der Waals surface area contributed by atoms with E-state index in [1.54, 1.807) is 0 Å². The summed E-state index contributed by atoms with van der Waals surface area (Å²) in [6.07, 6.45) is -1.21. The van der Waals surface area contributed by atoms with Crippen LogP contribution in [0.4, 0.5) is 20.2 Å². The smallest absolute Gasteiger partial charge is 0.387 e. The monoisotopic (exact) mass is 380 g/mol. The summed E-state index contributed by atoms with van der Waals surface area (Å²) in [6, 6.07) is 8.22. The van der Waals surface area contributed by atoms with Crippen molar-refractivity contribution in [2.45, 2.75) is 19.6 Å². The number of nitrogen functional groups attached to an aromatic ring is 1. The van der Waals surface area contributed by atoms with Crippen LogP contribution in [0.15, 0.2) is 42.5 Å². The lowest BCUT2D eigenvalue weighted by Crippen LogP contribution is -2.24. The number of halogens is 2. The maximum atomic E-state index is 12.3. The first-order chi connectivity index (χ1) is 12.7. The number of ketones is 1. The topological polar surface area (TPSA) is 122 Å². The zero-order chi connectivity index (χ0) is 20.1. The molecule has 2 N–H and O–H groups in total. The van der Waals surface area contributed by atoms with Crippen LogP contribution in [0.25, 0.3) is 0 Å². The van der Waals surface area contributed by atoms with Gasteiger partial charge in [0.1, 0.15) is 11.4 Å². The highest BCUT2D eigenvalue weighted by Gasteiger charge is 2.22. The Bertz CT molecular complexity index is 870. The number of carbonyl (C=O) groups excluding carboxylic acids is 2. The maximum Gasteiger partial charge on any atom is 0.387 e. The van der Waals surface area contributed by atoms with Crippen LogP contribution in [0.3, 0.4) is 0 Å². The van der Waals surface area contributed by atoms with Gasteiger partial charge in [-0.3, -0.25) is 14.9 Å². The second-order valence-corrected chi connectivity index (χ2v) is 5.35. The van der Waals surface area contributed by atoms with Crippen LogP contribution in [-0.4, -0.2) is 29.4 Å². The number of esters is 1. The molecule has 0 amide bonds. The van der Waals surface area contributed by atoms with Gasteiger partial charge in [-0.2, -0.15) is 8.78 Å². The fourth-order valence-corrected chi connectivity index (χ4v) is 2.15. The van der Waals surface area contributed by atoms with Crippen LogP contribution >= 0.6 is 0 Å². The van der Waals surface area contributed by atoms with Crippen molar-refractivity contribution in [2.24, 2.45) is 0 Å². The zero-order valence-corrected chi connectivity index (χ0v) is 13.9. The SMILES string of the molecule is C[C@@H](OC(=O)c1ccc(N)c([N+](=O)[O-])c1)C(=O)c1ccc(OC(F)F)cc1. The maximum absolute atomic E-state index is 12.3. The highest BCUT2D eigenvalue weighted by atomic mass is 19.3. The average molecular weight is 380 g/mol. The highest BCUT2D eigenvalue weighted by Crippen LogP contribution is 2.23. The number of benzene rings is 2. The lowest BCUT2D eigenvalue weighted by molar-refractivity contribution is -0.383. The number of nitrogens with two attached hydrogens (primary N) is 1. The summed E-state index contributed by atoms with van der Waals surface area (Å²) in [5.74, 6) is -1.66. The number of ether oxygens (including phenoxy) is 2. The van der Waals surface area contributed by atoms with E-state index >= 15 is 0 Å². The molecule has 0 aliphatic rings. The van der Waals surface area contributed by atoms with E-state index in [4.69, 9.17) is 10.5 Å². The molecule has 0 bridgehead atoms. The van der Waals surface area contributed by atoms with Crippen LogP contribution in [0.2, 0.25) is 0 Å². The molecule has 0 spiro atoms. The standard InChI is InChI=1S/C17H14F2N2O6/c1-9(15(22)10-2-5-12(6-3-10)27-17(18)19)26-16(23)11-4-7-13(20)14(8-11)21(24)25/h2-9,17H,20H2,1H3/t9-/m1/s1. The van der Waals surface area contributed by atoms with E-state index in [-0.39, 0.29) is 22.6 Å². The van der Waals surface area contributed by atoms with Gasteiger partial charge in [-0.1, -0.05) is 0 Å². The van der Waals surface area contributed by atoms with Crippen molar-refractivity contribution in [1.82, 2.24) is 0 Å². The fraction of sp³-hybridized carbons (Fsp3) is 0.176. The number of rotatable bonds is 7. The number of hydrogen-bond acceptors (Lipinski definition) is 7. The summed E-state index contributed by atoms with van der Waals surface area (Å²) in [7, 11) is 0. The third-order valence-electron chi connectivity index (χ3n) is 3.48. The van der Waals surface area contributed by atoms with Gasteiger partial charge < -0.3 is 15.2 Å². The van der Waals surface area contributed by atoms with Crippen LogP contribution in [0.1, 0.15) is 27.6 Å². The summed E-state index contributed by atoms with van der Waals surface area (Å²) in [4.78, 5) is 34.5. The normalized spacial score (nSPS) is 11.7. The van der Waals surface area contributed by atoms with Gasteiger partial charge in [0, 0.05) is 11.6 Å². The summed E-state index contributed by atoms with van der Waals surface area (Å²) >= 11 is 0. The van der Waals surface area contributed by atoms with Crippen LogP contribution in [0, 0.1) is 10.1 Å². The van der Waals surface area contributed by atoms with Gasteiger partial charge in [0.2, 0.25) is 5.78 Å². The Kier molecular flexibility index (Phi) is 6.01.